The second-order valence-corrected chi connectivity index (χ2v) is 8.70. The van der Waals surface area contributed by atoms with Crippen LogP contribution in [0.5, 0.6) is 0 Å². The van der Waals surface area contributed by atoms with E-state index in [1.807, 2.05) is 19.9 Å². The average molecular weight is 512 g/mol. The number of halogens is 2. The molecule has 27 heavy (non-hydrogen) atoms. The molecule has 1 fully saturated rings. The monoisotopic (exact) mass is 512 g/mol. The average Bonchev–Trinajstić information content (AvgIpc) is 3.04. The lowest BCUT2D eigenvalue weighted by Gasteiger charge is -2.22. The number of benzene rings is 1. The van der Waals surface area contributed by atoms with Gasteiger partial charge in [0.1, 0.15) is 5.82 Å². The Hall–Kier alpha value is -0.940. The van der Waals surface area contributed by atoms with Crippen molar-refractivity contribution in [3.8, 4) is 0 Å². The van der Waals surface area contributed by atoms with Gasteiger partial charge in [0.15, 0.2) is 5.96 Å². The Kier molecular flexibility index (Phi) is 9.43. The molecule has 2 rings (SSSR count). The number of rotatable bonds is 6. The number of guanidine groups is 1. The van der Waals surface area contributed by atoms with Crippen LogP contribution in [0.3, 0.4) is 0 Å². The van der Waals surface area contributed by atoms with E-state index >= 15 is 0 Å². The van der Waals surface area contributed by atoms with Gasteiger partial charge in [-0.1, -0.05) is 12.1 Å². The highest BCUT2D eigenvalue weighted by molar-refractivity contribution is 14.0. The Morgan fingerprint density at radius 1 is 1.44 bits per heavy atom. The van der Waals surface area contributed by atoms with E-state index in [0.29, 0.717) is 31.2 Å². The normalized spacial score (nSPS) is 19.4. The smallest absolute Gasteiger partial charge is 0.211 e. The summed E-state index contributed by atoms with van der Waals surface area (Å²) in [6.45, 7) is 7.28. The van der Waals surface area contributed by atoms with E-state index in [1.54, 1.807) is 13.0 Å². The zero-order valence-corrected chi connectivity index (χ0v) is 19.5. The third-order valence-corrected chi connectivity index (χ3v) is 5.94. The lowest BCUT2D eigenvalue weighted by Crippen LogP contribution is -2.41. The number of aryl methyl sites for hydroxylation is 1. The maximum absolute atomic E-state index is 13.8. The van der Waals surface area contributed by atoms with Crippen LogP contribution in [0.1, 0.15) is 43.9 Å². The Balaban J connectivity index is 0.00000364. The molecular weight excluding hydrogens is 482 g/mol. The summed E-state index contributed by atoms with van der Waals surface area (Å²) < 4.78 is 39.0. The molecule has 1 saturated heterocycles. The first-order valence-electron chi connectivity index (χ1n) is 9.00. The summed E-state index contributed by atoms with van der Waals surface area (Å²) in [5.41, 5.74) is 1.45. The van der Waals surface area contributed by atoms with Gasteiger partial charge in [0, 0.05) is 19.1 Å². The van der Waals surface area contributed by atoms with Crippen molar-refractivity contribution in [2.75, 3.05) is 25.9 Å². The summed E-state index contributed by atoms with van der Waals surface area (Å²) in [6.07, 6.45) is 2.91. The molecule has 0 aromatic heterocycles. The first-order valence-corrected chi connectivity index (χ1v) is 10.8. The summed E-state index contributed by atoms with van der Waals surface area (Å²) in [5.74, 6) is 0.370. The molecule has 0 spiro atoms. The van der Waals surface area contributed by atoms with E-state index in [4.69, 9.17) is 0 Å². The van der Waals surface area contributed by atoms with E-state index in [1.165, 1.54) is 16.6 Å². The summed E-state index contributed by atoms with van der Waals surface area (Å²) in [5, 5.41) is 6.43. The van der Waals surface area contributed by atoms with E-state index in [9.17, 15) is 12.8 Å². The van der Waals surface area contributed by atoms with E-state index in [0.717, 1.165) is 18.4 Å². The first-order chi connectivity index (χ1) is 12.2. The van der Waals surface area contributed by atoms with Crippen LogP contribution in [0.4, 0.5) is 4.39 Å². The second kappa shape index (κ2) is 10.6. The molecule has 0 amide bonds. The molecule has 0 bridgehead atoms. The highest BCUT2D eigenvalue weighted by atomic mass is 127. The van der Waals surface area contributed by atoms with Crippen LogP contribution in [-0.4, -0.2) is 50.6 Å². The Bertz CT molecular complexity index is 758. The van der Waals surface area contributed by atoms with Crippen LogP contribution in [0.15, 0.2) is 23.2 Å². The van der Waals surface area contributed by atoms with Gasteiger partial charge in [-0.2, -0.15) is 4.31 Å². The maximum atomic E-state index is 13.8. The number of hydrogen-bond acceptors (Lipinski definition) is 3. The highest BCUT2D eigenvalue weighted by Crippen LogP contribution is 2.20. The third-order valence-electron chi connectivity index (χ3n) is 4.60. The van der Waals surface area contributed by atoms with Crippen molar-refractivity contribution >= 4 is 40.0 Å². The summed E-state index contributed by atoms with van der Waals surface area (Å²) in [4.78, 5) is 4.56. The van der Waals surface area contributed by atoms with Crippen LogP contribution in [0.25, 0.3) is 0 Å². The SMILES string of the molecule is CCNC(=NC[C@H]1CCCN1S(C)(=O)=O)NC(C)c1ccc(C)c(F)c1.I. The molecule has 2 atom stereocenters. The molecule has 0 saturated carbocycles. The number of aliphatic imine (C=N–C) groups is 1. The molecule has 1 aliphatic heterocycles. The van der Waals surface area contributed by atoms with Gasteiger partial charge in [0.2, 0.25) is 10.0 Å². The predicted octanol–water partition coefficient (Wildman–Crippen LogP) is 2.79. The van der Waals surface area contributed by atoms with Crippen molar-refractivity contribution in [2.45, 2.75) is 45.7 Å². The summed E-state index contributed by atoms with van der Waals surface area (Å²) in [7, 11) is -3.21. The van der Waals surface area contributed by atoms with Crippen molar-refractivity contribution < 1.29 is 12.8 Å². The van der Waals surface area contributed by atoms with Crippen molar-refractivity contribution in [1.29, 1.82) is 0 Å². The minimum Gasteiger partial charge on any atom is -0.357 e. The van der Waals surface area contributed by atoms with Crippen molar-refractivity contribution in [3.63, 3.8) is 0 Å². The highest BCUT2D eigenvalue weighted by Gasteiger charge is 2.31. The zero-order valence-electron chi connectivity index (χ0n) is 16.3. The van der Waals surface area contributed by atoms with Gasteiger partial charge >= 0.3 is 0 Å². The lowest BCUT2D eigenvalue weighted by molar-refractivity contribution is 0.396. The molecule has 0 aliphatic carbocycles. The minimum absolute atomic E-state index is 0. The second-order valence-electron chi connectivity index (χ2n) is 6.76. The van der Waals surface area contributed by atoms with Crippen LogP contribution >= 0.6 is 24.0 Å². The molecule has 1 aliphatic rings. The van der Waals surface area contributed by atoms with Gasteiger partial charge in [0.25, 0.3) is 0 Å². The van der Waals surface area contributed by atoms with E-state index in [-0.39, 0.29) is 41.9 Å². The molecule has 9 heteroatoms. The molecule has 1 unspecified atom stereocenters. The number of sulfonamides is 1. The zero-order chi connectivity index (χ0) is 19.3. The lowest BCUT2D eigenvalue weighted by atomic mass is 10.1. The number of hydrogen-bond donors (Lipinski definition) is 2. The van der Waals surface area contributed by atoms with Crippen LogP contribution in [0.2, 0.25) is 0 Å². The van der Waals surface area contributed by atoms with Gasteiger partial charge < -0.3 is 10.6 Å². The quantitative estimate of drug-likeness (QED) is 0.350. The fraction of sp³-hybridized carbons (Fsp3) is 0.611. The van der Waals surface area contributed by atoms with E-state index < -0.39 is 10.0 Å². The first kappa shape index (κ1) is 24.1. The number of nitrogens with zero attached hydrogens (tertiary/aromatic N) is 2. The largest absolute Gasteiger partial charge is 0.357 e. The molecule has 0 radical (unpaired) electrons. The van der Waals surface area contributed by atoms with E-state index in [2.05, 4.69) is 15.6 Å². The van der Waals surface area contributed by atoms with Crippen molar-refractivity contribution in [1.82, 2.24) is 14.9 Å². The third kappa shape index (κ3) is 6.86. The van der Waals surface area contributed by atoms with Crippen molar-refractivity contribution in [2.24, 2.45) is 4.99 Å². The van der Waals surface area contributed by atoms with Gasteiger partial charge in [0.05, 0.1) is 18.8 Å². The van der Waals surface area contributed by atoms with Crippen LogP contribution < -0.4 is 10.6 Å². The molecular formula is C18H30FIN4O2S. The molecule has 1 aromatic rings. The Labute approximate surface area is 179 Å². The molecule has 1 heterocycles. The van der Waals surface area contributed by atoms with Gasteiger partial charge in [-0.25, -0.2) is 12.8 Å². The van der Waals surface area contributed by atoms with Gasteiger partial charge in [-0.05, 0) is 50.8 Å². The predicted molar refractivity (Wildman–Crippen MR) is 119 cm³/mol. The molecule has 2 N–H and O–H groups in total. The molecule has 1 aromatic carbocycles. The molecule has 6 nitrogen and oxygen atoms in total. The summed E-state index contributed by atoms with van der Waals surface area (Å²) >= 11 is 0. The van der Waals surface area contributed by atoms with Gasteiger partial charge in [-0.3, -0.25) is 4.99 Å². The minimum atomic E-state index is -3.21. The molecule has 154 valence electrons. The topological polar surface area (TPSA) is 73.8 Å². The fourth-order valence-electron chi connectivity index (χ4n) is 3.11. The van der Waals surface area contributed by atoms with Crippen molar-refractivity contribution in [3.05, 3.63) is 35.1 Å². The standard InChI is InChI=1S/C18H29FN4O2S.HI/c1-5-20-18(21-12-16-7-6-10-23(16)26(4,24)25)22-14(3)15-9-8-13(2)17(19)11-15;/h8-9,11,14,16H,5-7,10,12H2,1-4H3,(H2,20,21,22);1H/t14?,16-;/m1./s1. The fourth-order valence-corrected chi connectivity index (χ4v) is 4.29. The number of nitrogens with one attached hydrogen (secondary N) is 2. The summed E-state index contributed by atoms with van der Waals surface area (Å²) in [6, 6.07) is 4.95. The Morgan fingerprint density at radius 2 is 2.15 bits per heavy atom. The van der Waals surface area contributed by atoms with Crippen LogP contribution in [0, 0.1) is 12.7 Å². The van der Waals surface area contributed by atoms with Gasteiger partial charge in [-0.15, -0.1) is 24.0 Å². The maximum Gasteiger partial charge on any atom is 0.211 e. The Morgan fingerprint density at radius 3 is 2.74 bits per heavy atom. The van der Waals surface area contributed by atoms with Crippen LogP contribution in [-0.2, 0) is 10.0 Å².